The van der Waals surface area contributed by atoms with Crippen molar-refractivity contribution in [2.45, 2.75) is 6.92 Å². The Hall–Kier alpha value is -2.30. The van der Waals surface area contributed by atoms with Gasteiger partial charge >= 0.3 is 5.97 Å². The van der Waals surface area contributed by atoms with Crippen LogP contribution in [0.3, 0.4) is 0 Å². The highest BCUT2D eigenvalue weighted by Gasteiger charge is 2.16. The molecule has 5 heteroatoms. The van der Waals surface area contributed by atoms with E-state index in [1.54, 1.807) is 25.1 Å². The third-order valence-corrected chi connectivity index (χ3v) is 2.35. The third-order valence-electron chi connectivity index (χ3n) is 2.35. The summed E-state index contributed by atoms with van der Waals surface area (Å²) in [6.45, 7) is 1.81. The Morgan fingerprint density at radius 1 is 1.38 bits per heavy atom. The van der Waals surface area contributed by atoms with Gasteiger partial charge in [-0.05, 0) is 19.1 Å². The number of carbonyl (C=O) groups is 1. The van der Waals surface area contributed by atoms with Crippen LogP contribution in [0.15, 0.2) is 23.0 Å². The van der Waals surface area contributed by atoms with Crippen LogP contribution in [0.5, 0.6) is 5.75 Å². The minimum Gasteiger partial charge on any atom is -0.502 e. The maximum Gasteiger partial charge on any atom is 0.356 e. The monoisotopic (exact) mass is 219 g/mol. The minimum atomic E-state index is -1.36. The number of aromatic amines is 1. The topological polar surface area (TPSA) is 90.4 Å². The predicted molar refractivity (Wildman–Crippen MR) is 57.9 cm³/mol. The first-order chi connectivity index (χ1) is 7.50. The molecule has 1 aromatic heterocycles. The smallest absolute Gasteiger partial charge is 0.356 e. The Morgan fingerprint density at radius 2 is 2.06 bits per heavy atom. The molecular formula is C11H9NO4. The zero-order valence-corrected chi connectivity index (χ0v) is 8.44. The van der Waals surface area contributed by atoms with Crippen molar-refractivity contribution in [1.29, 1.82) is 0 Å². The molecule has 3 N–H and O–H groups in total. The molecule has 0 saturated carbocycles. The number of aromatic carboxylic acids is 1. The Balaban J connectivity index is 2.94. The van der Waals surface area contributed by atoms with Gasteiger partial charge in [-0.15, -0.1) is 0 Å². The summed E-state index contributed by atoms with van der Waals surface area (Å²) < 4.78 is 0. The summed E-state index contributed by atoms with van der Waals surface area (Å²) in [5.41, 5.74) is 0.0995. The van der Waals surface area contributed by atoms with Crippen LogP contribution in [0.2, 0.25) is 0 Å². The average Bonchev–Trinajstić information content (AvgIpc) is 2.23. The molecule has 0 aliphatic heterocycles. The SMILES string of the molecule is Cc1ccc2[nH]c(C(=O)O)c(O)c(=O)c2c1. The number of nitrogens with one attached hydrogen (secondary N) is 1. The number of fused-ring (bicyclic) bond motifs is 1. The lowest BCUT2D eigenvalue weighted by Crippen LogP contribution is -2.11. The van der Waals surface area contributed by atoms with Crippen LogP contribution in [-0.2, 0) is 0 Å². The van der Waals surface area contributed by atoms with Gasteiger partial charge in [-0.25, -0.2) is 4.79 Å². The van der Waals surface area contributed by atoms with Gasteiger partial charge in [-0.3, -0.25) is 4.79 Å². The van der Waals surface area contributed by atoms with Gasteiger partial charge in [0.15, 0.2) is 11.4 Å². The quantitative estimate of drug-likeness (QED) is 0.673. The Morgan fingerprint density at radius 3 is 2.69 bits per heavy atom. The fourth-order valence-corrected chi connectivity index (χ4v) is 1.54. The molecule has 2 rings (SSSR count). The van der Waals surface area contributed by atoms with Crippen LogP contribution in [0.25, 0.3) is 10.9 Å². The standard InChI is InChI=1S/C11H9NO4/c1-5-2-3-7-6(4-5)9(13)10(14)8(12-7)11(15)16/h2-4,14H,1H3,(H,12,13)(H,15,16). The number of carboxylic acids is 1. The van der Waals surface area contributed by atoms with Crippen molar-refractivity contribution in [1.82, 2.24) is 4.98 Å². The van der Waals surface area contributed by atoms with E-state index < -0.39 is 22.8 Å². The molecule has 0 saturated heterocycles. The van der Waals surface area contributed by atoms with Crippen LogP contribution < -0.4 is 5.43 Å². The van der Waals surface area contributed by atoms with E-state index in [1.807, 2.05) is 0 Å². The zero-order chi connectivity index (χ0) is 11.9. The van der Waals surface area contributed by atoms with Gasteiger partial charge < -0.3 is 15.2 Å². The van der Waals surface area contributed by atoms with E-state index in [9.17, 15) is 14.7 Å². The van der Waals surface area contributed by atoms with Crippen LogP contribution in [-0.4, -0.2) is 21.2 Å². The van der Waals surface area contributed by atoms with Gasteiger partial charge in [0.1, 0.15) is 0 Å². The first-order valence-electron chi connectivity index (χ1n) is 4.59. The molecular weight excluding hydrogens is 210 g/mol. The Bertz CT molecular complexity index is 642. The number of hydrogen-bond donors (Lipinski definition) is 3. The van der Waals surface area contributed by atoms with Crippen molar-refractivity contribution in [2.75, 3.05) is 0 Å². The number of rotatable bonds is 1. The molecule has 0 aliphatic carbocycles. The summed E-state index contributed by atoms with van der Waals surface area (Å²) in [4.78, 5) is 24.9. The summed E-state index contributed by atoms with van der Waals surface area (Å²) in [7, 11) is 0. The van der Waals surface area contributed by atoms with Gasteiger partial charge in [0.2, 0.25) is 5.43 Å². The number of carboxylic acid groups (broad SMARTS) is 1. The molecule has 2 aromatic rings. The first kappa shape index (κ1) is 10.2. The summed E-state index contributed by atoms with van der Waals surface area (Å²) in [6, 6.07) is 4.96. The molecule has 0 fully saturated rings. The molecule has 0 atom stereocenters. The van der Waals surface area contributed by atoms with Gasteiger partial charge in [-0.1, -0.05) is 11.6 Å². The highest BCUT2D eigenvalue weighted by Crippen LogP contribution is 2.16. The maximum atomic E-state index is 11.7. The molecule has 82 valence electrons. The second-order valence-corrected chi connectivity index (χ2v) is 3.53. The normalized spacial score (nSPS) is 10.6. The number of aromatic nitrogens is 1. The van der Waals surface area contributed by atoms with Gasteiger partial charge in [0.25, 0.3) is 0 Å². The lowest BCUT2D eigenvalue weighted by atomic mass is 10.1. The van der Waals surface area contributed by atoms with Crippen molar-refractivity contribution in [2.24, 2.45) is 0 Å². The highest BCUT2D eigenvalue weighted by molar-refractivity contribution is 5.93. The number of benzene rings is 1. The second kappa shape index (κ2) is 3.37. The van der Waals surface area contributed by atoms with Crippen LogP contribution in [0, 0.1) is 6.92 Å². The molecule has 0 aliphatic rings. The summed E-state index contributed by atoms with van der Waals surface area (Å²) >= 11 is 0. The molecule has 0 radical (unpaired) electrons. The number of aryl methyl sites for hydroxylation is 1. The van der Waals surface area contributed by atoms with E-state index in [0.717, 1.165) is 5.56 Å². The summed E-state index contributed by atoms with van der Waals surface area (Å²) in [5, 5.41) is 18.5. The molecule has 0 spiro atoms. The van der Waals surface area contributed by atoms with Crippen LogP contribution in [0.1, 0.15) is 16.1 Å². The summed E-state index contributed by atoms with van der Waals surface area (Å²) in [6.07, 6.45) is 0. The summed E-state index contributed by atoms with van der Waals surface area (Å²) in [5.74, 6) is -2.12. The fourth-order valence-electron chi connectivity index (χ4n) is 1.54. The van der Waals surface area contributed by atoms with Gasteiger partial charge in [0, 0.05) is 5.39 Å². The fraction of sp³-hybridized carbons (Fsp3) is 0.0909. The highest BCUT2D eigenvalue weighted by atomic mass is 16.4. The van der Waals surface area contributed by atoms with Crippen LogP contribution in [0.4, 0.5) is 0 Å². The van der Waals surface area contributed by atoms with E-state index in [2.05, 4.69) is 4.98 Å². The molecule has 0 bridgehead atoms. The van der Waals surface area contributed by atoms with E-state index in [4.69, 9.17) is 5.11 Å². The number of H-pyrrole nitrogens is 1. The molecule has 16 heavy (non-hydrogen) atoms. The van der Waals surface area contributed by atoms with Crippen molar-refractivity contribution in [3.05, 3.63) is 39.7 Å². The Kier molecular flexibility index (Phi) is 2.16. The number of hydrogen-bond acceptors (Lipinski definition) is 3. The van der Waals surface area contributed by atoms with E-state index in [0.29, 0.717) is 5.52 Å². The molecule has 1 heterocycles. The van der Waals surface area contributed by atoms with Gasteiger partial charge in [0.05, 0.1) is 5.52 Å². The van der Waals surface area contributed by atoms with Crippen LogP contribution >= 0.6 is 0 Å². The molecule has 5 nitrogen and oxygen atoms in total. The molecule has 0 unspecified atom stereocenters. The van der Waals surface area contributed by atoms with E-state index >= 15 is 0 Å². The second-order valence-electron chi connectivity index (χ2n) is 3.53. The first-order valence-corrected chi connectivity index (χ1v) is 4.59. The Labute approximate surface area is 90.0 Å². The maximum absolute atomic E-state index is 11.7. The minimum absolute atomic E-state index is 0.280. The van der Waals surface area contributed by atoms with Crippen molar-refractivity contribution in [3.8, 4) is 5.75 Å². The average molecular weight is 219 g/mol. The van der Waals surface area contributed by atoms with Gasteiger partial charge in [-0.2, -0.15) is 0 Å². The lowest BCUT2D eigenvalue weighted by molar-refractivity contribution is 0.0687. The number of aromatic hydroxyl groups is 1. The van der Waals surface area contributed by atoms with E-state index in [-0.39, 0.29) is 5.39 Å². The van der Waals surface area contributed by atoms with E-state index in [1.165, 1.54) is 0 Å². The predicted octanol–water partition coefficient (Wildman–Crippen LogP) is 1.24. The number of pyridine rings is 1. The zero-order valence-electron chi connectivity index (χ0n) is 8.44. The van der Waals surface area contributed by atoms with Crippen molar-refractivity contribution >= 4 is 16.9 Å². The van der Waals surface area contributed by atoms with Crippen molar-refractivity contribution in [3.63, 3.8) is 0 Å². The van der Waals surface area contributed by atoms with Crippen molar-refractivity contribution < 1.29 is 15.0 Å². The third kappa shape index (κ3) is 1.42. The largest absolute Gasteiger partial charge is 0.502 e. The molecule has 0 amide bonds. The molecule has 1 aromatic carbocycles. The lowest BCUT2D eigenvalue weighted by Gasteiger charge is -2.03.